The Labute approximate surface area is 210 Å². The Kier molecular flexibility index (Phi) is 9.59. The second-order valence-electron chi connectivity index (χ2n) is 7.36. The van der Waals surface area contributed by atoms with Gasteiger partial charge < -0.3 is 14.8 Å². The van der Waals surface area contributed by atoms with Crippen LogP contribution in [-0.2, 0) is 10.0 Å². The standard InChI is InChI=1S/C25H27N3O5S2/c1-2-16-26-35(30,31)23-14-10-20(11-15-23)27-25(34)28-24(29)19-8-12-22(13-9-19)33-18-17-32-21-6-4-3-5-7-21/h3-15,26H,2,16-18H2,1H3,(H2,27,28,29,34). The molecule has 0 heterocycles. The molecule has 0 aromatic heterocycles. The molecule has 35 heavy (non-hydrogen) atoms. The third-order valence-electron chi connectivity index (χ3n) is 4.67. The molecular formula is C25H27N3O5S2. The van der Waals surface area contributed by atoms with E-state index in [-0.39, 0.29) is 15.9 Å². The summed E-state index contributed by atoms with van der Waals surface area (Å²) in [6.45, 7) is 3.02. The zero-order valence-electron chi connectivity index (χ0n) is 19.2. The maximum atomic E-state index is 12.5. The van der Waals surface area contributed by atoms with Crippen LogP contribution in [0.1, 0.15) is 23.7 Å². The number of rotatable bonds is 11. The van der Waals surface area contributed by atoms with Gasteiger partial charge in [0.2, 0.25) is 10.0 Å². The molecule has 3 N–H and O–H groups in total. The Balaban J connectivity index is 1.44. The van der Waals surface area contributed by atoms with Crippen molar-refractivity contribution >= 4 is 38.9 Å². The van der Waals surface area contributed by atoms with Gasteiger partial charge in [0, 0.05) is 17.8 Å². The van der Waals surface area contributed by atoms with E-state index in [1.165, 1.54) is 12.1 Å². The first kappa shape index (κ1) is 26.1. The predicted molar refractivity (Wildman–Crippen MR) is 139 cm³/mol. The minimum Gasteiger partial charge on any atom is -0.490 e. The van der Waals surface area contributed by atoms with Crippen molar-refractivity contribution in [3.8, 4) is 11.5 Å². The van der Waals surface area contributed by atoms with Crippen molar-refractivity contribution < 1.29 is 22.7 Å². The lowest BCUT2D eigenvalue weighted by molar-refractivity contribution is 0.0977. The average molecular weight is 514 g/mol. The van der Waals surface area contributed by atoms with Crippen LogP contribution in [0.15, 0.2) is 83.8 Å². The lowest BCUT2D eigenvalue weighted by Gasteiger charge is -2.11. The lowest BCUT2D eigenvalue weighted by atomic mass is 10.2. The van der Waals surface area contributed by atoms with E-state index in [1.54, 1.807) is 36.4 Å². The van der Waals surface area contributed by atoms with E-state index < -0.39 is 10.0 Å². The van der Waals surface area contributed by atoms with Gasteiger partial charge in [0.05, 0.1) is 4.90 Å². The van der Waals surface area contributed by atoms with E-state index in [2.05, 4.69) is 15.4 Å². The van der Waals surface area contributed by atoms with Gasteiger partial charge in [0.15, 0.2) is 5.11 Å². The van der Waals surface area contributed by atoms with E-state index in [9.17, 15) is 13.2 Å². The fraction of sp³-hybridized carbons (Fsp3) is 0.200. The van der Waals surface area contributed by atoms with Crippen molar-refractivity contribution in [1.29, 1.82) is 0 Å². The summed E-state index contributed by atoms with van der Waals surface area (Å²) in [7, 11) is -3.54. The van der Waals surface area contributed by atoms with Crippen LogP contribution in [0.4, 0.5) is 5.69 Å². The van der Waals surface area contributed by atoms with Crippen LogP contribution in [0.5, 0.6) is 11.5 Å². The van der Waals surface area contributed by atoms with E-state index in [1.807, 2.05) is 37.3 Å². The maximum absolute atomic E-state index is 12.5. The number of carbonyl (C=O) groups is 1. The molecule has 184 valence electrons. The van der Waals surface area contributed by atoms with Crippen LogP contribution in [0.3, 0.4) is 0 Å². The summed E-state index contributed by atoms with van der Waals surface area (Å²) in [6.07, 6.45) is 0.701. The summed E-state index contributed by atoms with van der Waals surface area (Å²) >= 11 is 5.20. The van der Waals surface area contributed by atoms with E-state index >= 15 is 0 Å². The van der Waals surface area contributed by atoms with Crippen molar-refractivity contribution in [1.82, 2.24) is 10.0 Å². The smallest absolute Gasteiger partial charge is 0.257 e. The SMILES string of the molecule is CCCNS(=O)(=O)c1ccc(NC(=S)NC(=O)c2ccc(OCCOc3ccccc3)cc2)cc1. The summed E-state index contributed by atoms with van der Waals surface area (Å²) in [4.78, 5) is 12.6. The van der Waals surface area contributed by atoms with E-state index in [0.29, 0.717) is 43.2 Å². The zero-order valence-corrected chi connectivity index (χ0v) is 20.8. The van der Waals surface area contributed by atoms with Gasteiger partial charge in [-0.2, -0.15) is 0 Å². The molecule has 0 radical (unpaired) electrons. The molecule has 1 amide bonds. The summed E-state index contributed by atoms with van der Waals surface area (Å²) in [5, 5.41) is 5.56. The molecule has 8 nitrogen and oxygen atoms in total. The Morgan fingerprint density at radius 3 is 2.06 bits per heavy atom. The average Bonchev–Trinajstić information content (AvgIpc) is 2.86. The molecular weight excluding hydrogens is 486 g/mol. The highest BCUT2D eigenvalue weighted by Crippen LogP contribution is 2.15. The molecule has 0 atom stereocenters. The van der Waals surface area contributed by atoms with Gasteiger partial charge in [-0.1, -0.05) is 25.1 Å². The van der Waals surface area contributed by atoms with E-state index in [4.69, 9.17) is 21.7 Å². The van der Waals surface area contributed by atoms with Crippen LogP contribution in [-0.4, -0.2) is 39.2 Å². The van der Waals surface area contributed by atoms with Gasteiger partial charge in [-0.05, 0) is 79.3 Å². The minimum absolute atomic E-state index is 0.0908. The molecule has 0 fully saturated rings. The molecule has 0 unspecified atom stereocenters. The first-order chi connectivity index (χ1) is 16.9. The molecule has 10 heteroatoms. The van der Waals surface area contributed by atoms with Crippen molar-refractivity contribution in [3.05, 3.63) is 84.4 Å². The number of sulfonamides is 1. The van der Waals surface area contributed by atoms with Gasteiger partial charge in [0.25, 0.3) is 5.91 Å². The van der Waals surface area contributed by atoms with Crippen LogP contribution >= 0.6 is 12.2 Å². The summed E-state index contributed by atoms with van der Waals surface area (Å²) in [6, 6.07) is 22.2. The number of amides is 1. The first-order valence-corrected chi connectivity index (χ1v) is 12.9. The Morgan fingerprint density at radius 2 is 1.46 bits per heavy atom. The summed E-state index contributed by atoms with van der Waals surface area (Å²) in [5.74, 6) is 1.00. The quantitative estimate of drug-likeness (QED) is 0.263. The Hall–Kier alpha value is -3.47. The van der Waals surface area contributed by atoms with Crippen molar-refractivity contribution in [2.75, 3.05) is 25.1 Å². The molecule has 3 aromatic carbocycles. The largest absolute Gasteiger partial charge is 0.490 e. The topological polar surface area (TPSA) is 106 Å². The highest BCUT2D eigenvalue weighted by atomic mass is 32.2. The van der Waals surface area contributed by atoms with Crippen molar-refractivity contribution in [3.63, 3.8) is 0 Å². The third-order valence-corrected chi connectivity index (χ3v) is 6.35. The fourth-order valence-corrected chi connectivity index (χ4v) is 4.26. The maximum Gasteiger partial charge on any atom is 0.257 e. The lowest BCUT2D eigenvalue weighted by Crippen LogP contribution is -2.34. The Morgan fingerprint density at radius 1 is 0.857 bits per heavy atom. The number of thiocarbonyl (C=S) groups is 1. The van der Waals surface area contributed by atoms with Gasteiger partial charge >= 0.3 is 0 Å². The number of benzene rings is 3. The monoisotopic (exact) mass is 513 g/mol. The second kappa shape index (κ2) is 12.8. The van der Waals surface area contributed by atoms with Gasteiger partial charge in [0.1, 0.15) is 24.7 Å². The molecule has 0 spiro atoms. The third kappa shape index (κ3) is 8.36. The zero-order chi connectivity index (χ0) is 25.1. The van der Waals surface area contributed by atoms with Crippen molar-refractivity contribution in [2.45, 2.75) is 18.2 Å². The molecule has 0 aliphatic heterocycles. The number of anilines is 1. The highest BCUT2D eigenvalue weighted by Gasteiger charge is 2.13. The first-order valence-electron chi connectivity index (χ1n) is 11.0. The predicted octanol–water partition coefficient (Wildman–Crippen LogP) is 3.96. The van der Waals surface area contributed by atoms with E-state index in [0.717, 1.165) is 5.75 Å². The molecule has 3 aromatic rings. The van der Waals surface area contributed by atoms with Crippen LogP contribution in [0.2, 0.25) is 0 Å². The molecule has 0 aliphatic rings. The number of ether oxygens (including phenoxy) is 2. The van der Waals surface area contributed by atoms with Crippen molar-refractivity contribution in [2.24, 2.45) is 0 Å². The number of hydrogen-bond donors (Lipinski definition) is 3. The number of nitrogens with one attached hydrogen (secondary N) is 3. The molecule has 3 rings (SSSR count). The molecule has 0 aliphatic carbocycles. The second-order valence-corrected chi connectivity index (χ2v) is 9.54. The van der Waals surface area contributed by atoms with Crippen LogP contribution in [0.25, 0.3) is 0 Å². The molecule has 0 saturated heterocycles. The summed E-state index contributed by atoms with van der Waals surface area (Å²) in [5.41, 5.74) is 0.955. The van der Waals surface area contributed by atoms with Gasteiger partial charge in [-0.3, -0.25) is 10.1 Å². The number of hydrogen-bond acceptors (Lipinski definition) is 6. The van der Waals surface area contributed by atoms with Crippen LogP contribution in [0, 0.1) is 0 Å². The fourth-order valence-electron chi connectivity index (χ4n) is 2.91. The normalized spacial score (nSPS) is 10.9. The number of carbonyl (C=O) groups excluding carboxylic acids is 1. The molecule has 0 saturated carbocycles. The van der Waals surface area contributed by atoms with Gasteiger partial charge in [-0.25, -0.2) is 13.1 Å². The summed E-state index contributed by atoms with van der Waals surface area (Å²) < 4.78 is 38.0. The highest BCUT2D eigenvalue weighted by molar-refractivity contribution is 7.89. The van der Waals surface area contributed by atoms with Crippen LogP contribution < -0.4 is 24.8 Å². The minimum atomic E-state index is -3.54. The molecule has 0 bridgehead atoms. The Bertz CT molecular complexity index is 1220. The number of para-hydroxylation sites is 1. The van der Waals surface area contributed by atoms with Gasteiger partial charge in [-0.15, -0.1) is 0 Å².